The highest BCUT2D eigenvalue weighted by Crippen LogP contribution is 2.05. The lowest BCUT2D eigenvalue weighted by Gasteiger charge is -2.17. The van der Waals surface area contributed by atoms with E-state index >= 15 is 0 Å². The Kier molecular flexibility index (Phi) is 5.16. The summed E-state index contributed by atoms with van der Waals surface area (Å²) in [6, 6.07) is 10.3. The van der Waals surface area contributed by atoms with Crippen molar-refractivity contribution in [3.8, 4) is 0 Å². The first-order valence-corrected chi connectivity index (χ1v) is 7.14. The lowest BCUT2D eigenvalue weighted by molar-refractivity contribution is 0.577. The normalized spacial score (nSPS) is 13.7. The Morgan fingerprint density at radius 3 is 2.44 bits per heavy atom. The molecule has 1 rings (SSSR count). The monoisotopic (exact) mass is 239 g/mol. The summed E-state index contributed by atoms with van der Waals surface area (Å²) in [6.07, 6.45) is 1.96. The highest BCUT2D eigenvalue weighted by molar-refractivity contribution is 7.85. The van der Waals surface area contributed by atoms with Gasteiger partial charge in [0.1, 0.15) is 0 Å². The summed E-state index contributed by atoms with van der Waals surface area (Å²) in [5.74, 6) is 1.33. The van der Waals surface area contributed by atoms with Gasteiger partial charge < -0.3 is 5.73 Å². The van der Waals surface area contributed by atoms with E-state index < -0.39 is 10.8 Å². The van der Waals surface area contributed by atoms with Gasteiger partial charge in [0.2, 0.25) is 0 Å². The van der Waals surface area contributed by atoms with Gasteiger partial charge in [-0.3, -0.25) is 4.21 Å². The van der Waals surface area contributed by atoms with Gasteiger partial charge in [0, 0.05) is 27.8 Å². The van der Waals surface area contributed by atoms with Crippen molar-refractivity contribution in [1.29, 1.82) is 0 Å². The molecule has 0 heterocycles. The SMILES string of the molecule is CC(C)(N)CS(=O)CCCc1ccccc1. The van der Waals surface area contributed by atoms with Crippen LogP contribution in [0, 0.1) is 0 Å². The first-order valence-electron chi connectivity index (χ1n) is 5.65. The van der Waals surface area contributed by atoms with E-state index in [1.165, 1.54) is 5.56 Å². The average Bonchev–Trinajstić information content (AvgIpc) is 2.16. The molecule has 0 fully saturated rings. The summed E-state index contributed by atoms with van der Waals surface area (Å²) in [5, 5.41) is 0. The minimum atomic E-state index is -0.788. The van der Waals surface area contributed by atoms with Crippen LogP contribution < -0.4 is 5.73 Å². The van der Waals surface area contributed by atoms with Crippen LogP contribution in [-0.2, 0) is 17.2 Å². The Hall–Kier alpha value is -0.670. The van der Waals surface area contributed by atoms with Gasteiger partial charge in [-0.1, -0.05) is 30.3 Å². The van der Waals surface area contributed by atoms with Gasteiger partial charge in [0.05, 0.1) is 0 Å². The second kappa shape index (κ2) is 6.16. The predicted octanol–water partition coefficient (Wildman–Crippen LogP) is 2.11. The van der Waals surface area contributed by atoms with Crippen LogP contribution in [0.15, 0.2) is 30.3 Å². The zero-order chi connectivity index (χ0) is 12.0. The molecule has 0 radical (unpaired) electrons. The minimum absolute atomic E-state index is 0.322. The molecule has 3 heteroatoms. The average molecular weight is 239 g/mol. The molecule has 1 atom stereocenters. The van der Waals surface area contributed by atoms with Crippen LogP contribution in [0.5, 0.6) is 0 Å². The van der Waals surface area contributed by atoms with E-state index in [1.807, 2.05) is 32.0 Å². The molecule has 0 aliphatic heterocycles. The van der Waals surface area contributed by atoms with Crippen LogP contribution in [-0.4, -0.2) is 21.3 Å². The van der Waals surface area contributed by atoms with Crippen LogP contribution in [0.3, 0.4) is 0 Å². The van der Waals surface area contributed by atoms with E-state index in [0.29, 0.717) is 5.75 Å². The Bertz CT molecular complexity index is 330. The van der Waals surface area contributed by atoms with Crippen molar-refractivity contribution in [2.75, 3.05) is 11.5 Å². The summed E-state index contributed by atoms with van der Waals surface area (Å²) < 4.78 is 11.7. The van der Waals surface area contributed by atoms with E-state index in [1.54, 1.807) is 0 Å². The van der Waals surface area contributed by atoms with Crippen molar-refractivity contribution < 1.29 is 4.21 Å². The molecule has 0 aliphatic rings. The number of benzene rings is 1. The van der Waals surface area contributed by atoms with E-state index in [-0.39, 0.29) is 5.54 Å². The van der Waals surface area contributed by atoms with E-state index in [2.05, 4.69) is 12.1 Å². The fraction of sp³-hybridized carbons (Fsp3) is 0.538. The summed E-state index contributed by atoms with van der Waals surface area (Å²) >= 11 is 0. The molecule has 0 aliphatic carbocycles. The molecule has 16 heavy (non-hydrogen) atoms. The first kappa shape index (κ1) is 13.4. The molecule has 90 valence electrons. The van der Waals surface area contributed by atoms with Crippen LogP contribution in [0.4, 0.5) is 0 Å². The van der Waals surface area contributed by atoms with E-state index in [9.17, 15) is 4.21 Å². The number of hydrogen-bond donors (Lipinski definition) is 1. The molecule has 2 nitrogen and oxygen atoms in total. The molecule has 0 aromatic heterocycles. The molecule has 1 unspecified atom stereocenters. The number of hydrogen-bond acceptors (Lipinski definition) is 2. The molecular formula is C13H21NOS. The standard InChI is InChI=1S/C13H21NOS/c1-13(2,14)11-16(15)10-6-9-12-7-4-3-5-8-12/h3-5,7-8H,6,9-11,14H2,1-2H3. The molecule has 1 aromatic rings. The van der Waals surface area contributed by atoms with Gasteiger partial charge in [-0.15, -0.1) is 0 Å². The Labute approximate surface area is 101 Å². The fourth-order valence-corrected chi connectivity index (χ4v) is 3.01. The minimum Gasteiger partial charge on any atom is -0.325 e. The van der Waals surface area contributed by atoms with Crippen molar-refractivity contribution >= 4 is 10.8 Å². The summed E-state index contributed by atoms with van der Waals surface area (Å²) in [6.45, 7) is 3.84. The van der Waals surface area contributed by atoms with Gasteiger partial charge in [-0.05, 0) is 32.3 Å². The molecule has 0 saturated heterocycles. The fourth-order valence-electron chi connectivity index (χ4n) is 1.57. The molecule has 0 saturated carbocycles. The quantitative estimate of drug-likeness (QED) is 0.826. The number of rotatable bonds is 6. The summed E-state index contributed by atoms with van der Waals surface area (Å²) in [7, 11) is -0.788. The smallest absolute Gasteiger partial charge is 0.0409 e. The molecule has 0 bridgehead atoms. The molecule has 2 N–H and O–H groups in total. The van der Waals surface area contributed by atoms with Crippen molar-refractivity contribution in [2.45, 2.75) is 32.2 Å². The maximum absolute atomic E-state index is 11.7. The van der Waals surface area contributed by atoms with E-state index in [4.69, 9.17) is 5.73 Å². The third-order valence-corrected chi connectivity index (χ3v) is 4.02. The van der Waals surface area contributed by atoms with Crippen molar-refractivity contribution in [2.24, 2.45) is 5.73 Å². The van der Waals surface area contributed by atoms with Crippen LogP contribution >= 0.6 is 0 Å². The maximum Gasteiger partial charge on any atom is 0.0409 e. The van der Waals surface area contributed by atoms with Gasteiger partial charge in [-0.2, -0.15) is 0 Å². The predicted molar refractivity (Wildman–Crippen MR) is 70.9 cm³/mol. The Morgan fingerprint density at radius 1 is 1.25 bits per heavy atom. The molecular weight excluding hydrogens is 218 g/mol. The summed E-state index contributed by atoms with van der Waals surface area (Å²) in [4.78, 5) is 0. The largest absolute Gasteiger partial charge is 0.325 e. The summed E-state index contributed by atoms with van der Waals surface area (Å²) in [5.41, 5.74) is 6.82. The van der Waals surface area contributed by atoms with Gasteiger partial charge in [0.15, 0.2) is 0 Å². The van der Waals surface area contributed by atoms with Crippen LogP contribution in [0.1, 0.15) is 25.8 Å². The number of nitrogens with two attached hydrogens (primary N) is 1. The third kappa shape index (κ3) is 6.03. The van der Waals surface area contributed by atoms with E-state index in [0.717, 1.165) is 18.6 Å². The first-order chi connectivity index (χ1) is 7.47. The van der Waals surface area contributed by atoms with Crippen molar-refractivity contribution in [3.63, 3.8) is 0 Å². The zero-order valence-electron chi connectivity index (χ0n) is 10.1. The highest BCUT2D eigenvalue weighted by atomic mass is 32.2. The lowest BCUT2D eigenvalue weighted by atomic mass is 10.1. The van der Waals surface area contributed by atoms with Gasteiger partial charge >= 0.3 is 0 Å². The molecule has 0 amide bonds. The molecule has 0 spiro atoms. The topological polar surface area (TPSA) is 43.1 Å². The second-order valence-corrected chi connectivity index (χ2v) is 6.44. The highest BCUT2D eigenvalue weighted by Gasteiger charge is 2.14. The molecule has 1 aromatic carbocycles. The van der Waals surface area contributed by atoms with Gasteiger partial charge in [0.25, 0.3) is 0 Å². The number of aryl methyl sites for hydroxylation is 1. The lowest BCUT2D eigenvalue weighted by Crippen LogP contribution is -2.38. The zero-order valence-corrected chi connectivity index (χ0v) is 10.9. The second-order valence-electron chi connectivity index (χ2n) is 4.87. The van der Waals surface area contributed by atoms with Gasteiger partial charge in [-0.25, -0.2) is 0 Å². The maximum atomic E-state index is 11.7. The Morgan fingerprint density at radius 2 is 1.88 bits per heavy atom. The van der Waals surface area contributed by atoms with Crippen molar-refractivity contribution in [3.05, 3.63) is 35.9 Å². The Balaban J connectivity index is 2.24. The third-order valence-electron chi connectivity index (χ3n) is 2.21. The van der Waals surface area contributed by atoms with Crippen LogP contribution in [0.25, 0.3) is 0 Å². The van der Waals surface area contributed by atoms with Crippen LogP contribution in [0.2, 0.25) is 0 Å². The van der Waals surface area contributed by atoms with Crippen molar-refractivity contribution in [1.82, 2.24) is 0 Å².